The Balaban J connectivity index is 1.42. The first kappa shape index (κ1) is 17.7. The predicted molar refractivity (Wildman–Crippen MR) is 103 cm³/mol. The van der Waals surface area contributed by atoms with Crippen molar-refractivity contribution in [3.63, 3.8) is 0 Å². The lowest BCUT2D eigenvalue weighted by Gasteiger charge is -2.06. The van der Waals surface area contributed by atoms with Crippen LogP contribution >= 0.6 is 23.1 Å². The van der Waals surface area contributed by atoms with Gasteiger partial charge in [0, 0.05) is 29.9 Å². The van der Waals surface area contributed by atoms with Crippen molar-refractivity contribution in [2.24, 2.45) is 0 Å². The number of thioether (sulfide) groups is 1. The molecule has 1 N–H and O–H groups in total. The van der Waals surface area contributed by atoms with Crippen LogP contribution in [0.15, 0.2) is 46.7 Å². The van der Waals surface area contributed by atoms with E-state index in [9.17, 15) is 9.59 Å². The summed E-state index contributed by atoms with van der Waals surface area (Å²) in [6.45, 7) is 2.69. The lowest BCUT2D eigenvalue weighted by molar-refractivity contribution is -0.118. The lowest BCUT2D eigenvalue weighted by Crippen LogP contribution is -2.27. The topological polar surface area (TPSA) is 63.5 Å². The van der Waals surface area contributed by atoms with Gasteiger partial charge in [0.1, 0.15) is 0 Å². The molecule has 1 amide bonds. The molecule has 0 bridgehead atoms. The summed E-state index contributed by atoms with van der Waals surface area (Å²) in [6, 6.07) is 9.82. The van der Waals surface area contributed by atoms with Crippen LogP contribution in [0.3, 0.4) is 0 Å². The van der Waals surface area contributed by atoms with Gasteiger partial charge < -0.3 is 5.32 Å². The minimum absolute atomic E-state index is 0.00609. The first-order valence-electron chi connectivity index (χ1n) is 7.97. The fourth-order valence-electron chi connectivity index (χ4n) is 2.48. The molecule has 0 unspecified atom stereocenters. The Morgan fingerprint density at radius 3 is 3.08 bits per heavy atom. The van der Waals surface area contributed by atoms with Crippen molar-refractivity contribution in [3.05, 3.63) is 69.1 Å². The summed E-state index contributed by atoms with van der Waals surface area (Å²) in [7, 11) is 0. The van der Waals surface area contributed by atoms with E-state index in [0.29, 0.717) is 28.7 Å². The summed E-state index contributed by atoms with van der Waals surface area (Å²) >= 11 is 2.89. The highest BCUT2D eigenvalue weighted by Gasteiger charge is 2.06. The largest absolute Gasteiger partial charge is 0.355 e. The number of benzene rings is 1. The number of hydrogen-bond donors (Lipinski definition) is 1. The van der Waals surface area contributed by atoms with Crippen LogP contribution in [0.25, 0.3) is 4.96 Å². The van der Waals surface area contributed by atoms with Gasteiger partial charge in [-0.25, -0.2) is 4.98 Å². The van der Waals surface area contributed by atoms with Gasteiger partial charge >= 0.3 is 0 Å². The molecule has 0 saturated carbocycles. The highest BCUT2D eigenvalue weighted by atomic mass is 32.2. The van der Waals surface area contributed by atoms with Crippen molar-refractivity contribution in [2.75, 3.05) is 12.3 Å². The SMILES string of the molecule is Cc1cccc(CCNC(=O)CSCc2cc(=O)n3ccsc3n2)c1. The molecule has 25 heavy (non-hydrogen) atoms. The third-order valence-corrected chi connectivity index (χ3v) is 5.38. The number of carbonyl (C=O) groups excluding carboxylic acids is 1. The summed E-state index contributed by atoms with van der Waals surface area (Å²) in [5.74, 6) is 0.917. The van der Waals surface area contributed by atoms with Crippen molar-refractivity contribution in [1.82, 2.24) is 14.7 Å². The average Bonchev–Trinajstić information content (AvgIpc) is 3.04. The first-order valence-corrected chi connectivity index (χ1v) is 10.0. The maximum atomic E-state index is 11.9. The number of aromatic nitrogens is 2. The second kappa shape index (κ2) is 8.31. The van der Waals surface area contributed by atoms with Crippen molar-refractivity contribution < 1.29 is 4.79 Å². The number of hydrogen-bond acceptors (Lipinski definition) is 5. The minimum Gasteiger partial charge on any atom is -0.355 e. The number of thiazole rings is 1. The summed E-state index contributed by atoms with van der Waals surface area (Å²) in [4.78, 5) is 28.9. The molecule has 0 saturated heterocycles. The van der Waals surface area contributed by atoms with Crippen molar-refractivity contribution in [1.29, 1.82) is 0 Å². The van der Waals surface area contributed by atoms with E-state index in [-0.39, 0.29) is 11.5 Å². The van der Waals surface area contributed by atoms with Crippen LogP contribution in [-0.2, 0) is 17.0 Å². The number of fused-ring (bicyclic) bond motifs is 1. The molecule has 0 fully saturated rings. The molecule has 0 atom stereocenters. The molecular formula is C18H19N3O2S2. The van der Waals surface area contributed by atoms with Crippen LogP contribution in [-0.4, -0.2) is 27.6 Å². The Kier molecular flexibility index (Phi) is 5.88. The number of nitrogens with one attached hydrogen (secondary N) is 1. The molecule has 7 heteroatoms. The number of aryl methyl sites for hydroxylation is 1. The monoisotopic (exact) mass is 373 g/mol. The van der Waals surface area contributed by atoms with E-state index in [1.807, 2.05) is 11.4 Å². The van der Waals surface area contributed by atoms with Crippen LogP contribution in [0.2, 0.25) is 0 Å². The predicted octanol–water partition coefficient (Wildman–Crippen LogP) is 2.66. The Labute approximate surface area is 154 Å². The highest BCUT2D eigenvalue weighted by molar-refractivity contribution is 7.99. The second-order valence-corrected chi connectivity index (χ2v) is 7.58. The van der Waals surface area contributed by atoms with Crippen LogP contribution in [0.5, 0.6) is 0 Å². The number of nitrogens with zero attached hydrogens (tertiary/aromatic N) is 2. The molecule has 0 spiro atoms. The summed E-state index contributed by atoms with van der Waals surface area (Å²) in [5.41, 5.74) is 3.09. The van der Waals surface area contributed by atoms with E-state index in [1.165, 1.54) is 44.7 Å². The molecule has 3 rings (SSSR count). The quantitative estimate of drug-likeness (QED) is 0.692. The van der Waals surface area contributed by atoms with E-state index in [1.54, 1.807) is 6.20 Å². The second-order valence-electron chi connectivity index (χ2n) is 5.72. The van der Waals surface area contributed by atoms with Crippen LogP contribution in [0, 0.1) is 6.92 Å². The van der Waals surface area contributed by atoms with Gasteiger partial charge in [0.25, 0.3) is 5.56 Å². The summed E-state index contributed by atoms with van der Waals surface area (Å²) in [5, 5.41) is 4.77. The zero-order chi connectivity index (χ0) is 17.6. The van der Waals surface area contributed by atoms with Crippen molar-refractivity contribution in [3.8, 4) is 0 Å². The van der Waals surface area contributed by atoms with Crippen molar-refractivity contribution >= 4 is 34.0 Å². The number of carbonyl (C=O) groups is 1. The number of amides is 1. The molecule has 2 heterocycles. The normalized spacial score (nSPS) is 10.9. The third-order valence-electron chi connectivity index (χ3n) is 3.66. The van der Waals surface area contributed by atoms with Crippen molar-refractivity contribution in [2.45, 2.75) is 19.1 Å². The standard InChI is InChI=1S/C18H19N3O2S2/c1-13-3-2-4-14(9-13)5-6-19-16(22)12-24-11-15-10-17(23)21-7-8-25-18(21)20-15/h2-4,7-10H,5-6,11-12H2,1H3,(H,19,22). The Bertz CT molecular complexity index is 933. The van der Waals surface area contributed by atoms with E-state index < -0.39 is 0 Å². The minimum atomic E-state index is -0.0792. The van der Waals surface area contributed by atoms with Gasteiger partial charge in [-0.15, -0.1) is 23.1 Å². The van der Waals surface area contributed by atoms with E-state index in [4.69, 9.17) is 0 Å². The Hall–Kier alpha value is -2.12. The average molecular weight is 374 g/mol. The van der Waals surface area contributed by atoms with E-state index in [0.717, 1.165) is 6.42 Å². The first-order chi connectivity index (χ1) is 12.1. The molecule has 0 aliphatic rings. The zero-order valence-electron chi connectivity index (χ0n) is 13.9. The molecular weight excluding hydrogens is 354 g/mol. The maximum absolute atomic E-state index is 11.9. The molecule has 3 aromatic rings. The van der Waals surface area contributed by atoms with E-state index >= 15 is 0 Å². The molecule has 0 aliphatic heterocycles. The Morgan fingerprint density at radius 1 is 1.36 bits per heavy atom. The zero-order valence-corrected chi connectivity index (χ0v) is 15.5. The Morgan fingerprint density at radius 2 is 2.24 bits per heavy atom. The van der Waals surface area contributed by atoms with Crippen LogP contribution in [0.4, 0.5) is 0 Å². The molecule has 5 nitrogen and oxygen atoms in total. The lowest BCUT2D eigenvalue weighted by atomic mass is 10.1. The smallest absolute Gasteiger partial charge is 0.258 e. The van der Waals surface area contributed by atoms with Crippen LogP contribution in [0.1, 0.15) is 16.8 Å². The highest BCUT2D eigenvalue weighted by Crippen LogP contribution is 2.12. The van der Waals surface area contributed by atoms with Gasteiger partial charge in [0.2, 0.25) is 5.91 Å². The molecule has 0 aliphatic carbocycles. The molecule has 1 aromatic carbocycles. The van der Waals surface area contributed by atoms with Gasteiger partial charge in [-0.3, -0.25) is 14.0 Å². The molecule has 2 aromatic heterocycles. The van der Waals surface area contributed by atoms with Gasteiger partial charge in [-0.1, -0.05) is 29.8 Å². The van der Waals surface area contributed by atoms with Gasteiger partial charge in [-0.05, 0) is 18.9 Å². The van der Waals surface area contributed by atoms with Gasteiger partial charge in [-0.2, -0.15) is 0 Å². The molecule has 130 valence electrons. The van der Waals surface area contributed by atoms with Gasteiger partial charge in [0.05, 0.1) is 11.4 Å². The maximum Gasteiger partial charge on any atom is 0.258 e. The van der Waals surface area contributed by atoms with E-state index in [2.05, 4.69) is 35.4 Å². The number of rotatable bonds is 7. The fraction of sp³-hybridized carbons (Fsp3) is 0.278. The summed E-state index contributed by atoms with van der Waals surface area (Å²) < 4.78 is 1.52. The molecule has 0 radical (unpaired) electrons. The third kappa shape index (κ3) is 4.93. The summed E-state index contributed by atoms with van der Waals surface area (Å²) in [6.07, 6.45) is 2.54. The van der Waals surface area contributed by atoms with Crippen LogP contribution < -0.4 is 10.9 Å². The fourth-order valence-corrected chi connectivity index (χ4v) is 3.96. The van der Waals surface area contributed by atoms with Gasteiger partial charge in [0.15, 0.2) is 4.96 Å².